The summed E-state index contributed by atoms with van der Waals surface area (Å²) < 4.78 is 16.8. The summed E-state index contributed by atoms with van der Waals surface area (Å²) in [7, 11) is 0. The van der Waals surface area contributed by atoms with Crippen LogP contribution in [-0.2, 0) is 0 Å². The monoisotopic (exact) mass is 368 g/mol. The third-order valence-electron chi connectivity index (χ3n) is 2.79. The second-order valence-corrected chi connectivity index (χ2v) is 6.49. The zero-order valence-corrected chi connectivity index (χ0v) is 15.2. The fourth-order valence-corrected chi connectivity index (χ4v) is 2.75. The van der Waals surface area contributed by atoms with Crippen molar-refractivity contribution in [1.29, 1.82) is 0 Å². The van der Waals surface area contributed by atoms with Gasteiger partial charge in [-0.15, -0.1) is 0 Å². The van der Waals surface area contributed by atoms with Crippen LogP contribution >= 0.6 is 24.1 Å². The fraction of sp³-hybridized carbons (Fsp3) is 0.375. The smallest absolute Gasteiger partial charge is 0.295 e. The molecule has 0 bridgehead atoms. The summed E-state index contributed by atoms with van der Waals surface area (Å²) in [5, 5.41) is 0. The molecule has 8 heteroatoms. The zero-order chi connectivity index (χ0) is 17.4. The molecule has 0 aliphatic heterocycles. The van der Waals surface area contributed by atoms with Crippen molar-refractivity contribution in [1.82, 2.24) is 4.98 Å². The van der Waals surface area contributed by atoms with E-state index in [1.165, 1.54) is 30.2 Å². The Labute approximate surface area is 149 Å². The highest BCUT2D eigenvalue weighted by Gasteiger charge is 2.12. The lowest BCUT2D eigenvalue weighted by Crippen LogP contribution is -2.07. The molecule has 0 amide bonds. The normalized spacial score (nSPS) is 10.6. The maximum Gasteiger partial charge on any atom is 0.295 e. The third kappa shape index (κ3) is 5.38. The van der Waals surface area contributed by atoms with E-state index in [1.807, 2.05) is 0 Å². The van der Waals surface area contributed by atoms with Gasteiger partial charge in [0.25, 0.3) is 11.6 Å². The van der Waals surface area contributed by atoms with E-state index in [2.05, 4.69) is 18.8 Å². The van der Waals surface area contributed by atoms with Crippen molar-refractivity contribution in [3.63, 3.8) is 0 Å². The van der Waals surface area contributed by atoms with Crippen molar-refractivity contribution in [2.24, 2.45) is 0 Å². The topological polar surface area (TPSA) is 87.6 Å². The standard InChI is InChI=1S/C16H20N2O4S2/c1-3-7-23-21-12-6-5-11(9-14(12)22-24-8-4-2)13-10-15(19)18-16(17)20-13/h5-6,9-10H,3-4,7-8H2,1-2H3,(H2,17,18,19). The summed E-state index contributed by atoms with van der Waals surface area (Å²) in [6.07, 6.45) is 2.02. The summed E-state index contributed by atoms with van der Waals surface area (Å²) >= 11 is 2.72. The Hall–Kier alpha value is -1.80. The second kappa shape index (κ2) is 9.48. The van der Waals surface area contributed by atoms with Gasteiger partial charge in [0, 0.05) is 23.1 Å². The van der Waals surface area contributed by atoms with Crippen LogP contribution in [0.4, 0.5) is 6.01 Å². The summed E-state index contributed by atoms with van der Waals surface area (Å²) in [6, 6.07) is 6.47. The van der Waals surface area contributed by atoms with E-state index in [-0.39, 0.29) is 6.01 Å². The van der Waals surface area contributed by atoms with Crippen LogP contribution in [0.1, 0.15) is 26.7 Å². The molecule has 1 heterocycles. The van der Waals surface area contributed by atoms with Gasteiger partial charge in [-0.2, -0.15) is 4.98 Å². The molecule has 2 rings (SSSR count). The van der Waals surface area contributed by atoms with E-state index < -0.39 is 5.56 Å². The van der Waals surface area contributed by atoms with Gasteiger partial charge in [0.2, 0.25) is 0 Å². The molecule has 1 aromatic heterocycles. The second-order valence-electron chi connectivity index (χ2n) is 4.87. The van der Waals surface area contributed by atoms with Crippen molar-refractivity contribution in [3.05, 3.63) is 34.6 Å². The van der Waals surface area contributed by atoms with Gasteiger partial charge in [-0.1, -0.05) is 13.8 Å². The number of aromatic nitrogens is 1. The first-order chi connectivity index (χ1) is 11.6. The third-order valence-corrected chi connectivity index (χ3v) is 4.53. The van der Waals surface area contributed by atoms with Crippen LogP contribution in [0.5, 0.6) is 11.5 Å². The first kappa shape index (κ1) is 18.5. The van der Waals surface area contributed by atoms with Crippen LogP contribution in [-0.4, -0.2) is 16.5 Å². The fourth-order valence-electron chi connectivity index (χ4n) is 1.73. The molecule has 0 aliphatic carbocycles. The highest BCUT2D eigenvalue weighted by Crippen LogP contribution is 2.36. The lowest BCUT2D eigenvalue weighted by atomic mass is 10.1. The Kier molecular flexibility index (Phi) is 7.33. The average Bonchev–Trinajstić information content (AvgIpc) is 2.55. The largest absolute Gasteiger partial charge is 0.425 e. The number of benzene rings is 1. The molecular formula is C16H20N2O4S2. The number of nitrogens with two attached hydrogens (primary N) is 1. The quantitative estimate of drug-likeness (QED) is 0.521. The molecule has 0 atom stereocenters. The minimum atomic E-state index is -0.449. The molecule has 6 nitrogen and oxygen atoms in total. The van der Waals surface area contributed by atoms with E-state index in [1.54, 1.807) is 18.2 Å². The predicted molar refractivity (Wildman–Crippen MR) is 99.4 cm³/mol. The summed E-state index contributed by atoms with van der Waals surface area (Å²) in [5.41, 5.74) is 5.72. The average molecular weight is 368 g/mol. The minimum absolute atomic E-state index is 0.167. The molecule has 2 aromatic rings. The van der Waals surface area contributed by atoms with Crippen molar-refractivity contribution < 1.29 is 12.8 Å². The van der Waals surface area contributed by atoms with Crippen molar-refractivity contribution in [2.75, 3.05) is 17.2 Å². The van der Waals surface area contributed by atoms with Crippen LogP contribution in [0.3, 0.4) is 0 Å². The number of hydrogen-bond donors (Lipinski definition) is 1. The van der Waals surface area contributed by atoms with E-state index in [4.69, 9.17) is 18.5 Å². The molecule has 0 spiro atoms. The molecule has 130 valence electrons. The van der Waals surface area contributed by atoms with Gasteiger partial charge < -0.3 is 18.5 Å². The molecule has 0 radical (unpaired) electrons. The Morgan fingerprint density at radius 3 is 2.38 bits per heavy atom. The molecule has 0 fully saturated rings. The SMILES string of the molecule is CCCSOc1ccc(-c2cc(=O)nc(N)o2)cc1OSCCC. The van der Waals surface area contributed by atoms with Gasteiger partial charge in [-0.25, -0.2) is 0 Å². The van der Waals surface area contributed by atoms with Gasteiger partial charge in [-0.3, -0.25) is 4.79 Å². The van der Waals surface area contributed by atoms with Crippen LogP contribution in [0.2, 0.25) is 0 Å². The van der Waals surface area contributed by atoms with E-state index in [9.17, 15) is 4.79 Å². The number of nitrogens with zero attached hydrogens (tertiary/aromatic N) is 1. The van der Waals surface area contributed by atoms with Crippen molar-refractivity contribution in [2.45, 2.75) is 26.7 Å². The minimum Gasteiger partial charge on any atom is -0.425 e. The van der Waals surface area contributed by atoms with E-state index in [0.29, 0.717) is 22.8 Å². The first-order valence-electron chi connectivity index (χ1n) is 7.65. The van der Waals surface area contributed by atoms with Crippen LogP contribution in [0, 0.1) is 0 Å². The number of anilines is 1. The molecule has 24 heavy (non-hydrogen) atoms. The summed E-state index contributed by atoms with van der Waals surface area (Å²) in [4.78, 5) is 15.0. The Bertz CT molecular complexity index is 721. The maximum atomic E-state index is 11.5. The molecule has 1 aromatic carbocycles. The summed E-state index contributed by atoms with van der Waals surface area (Å²) in [5.74, 6) is 3.30. The van der Waals surface area contributed by atoms with Crippen molar-refractivity contribution in [3.8, 4) is 22.8 Å². The number of rotatable bonds is 9. The Morgan fingerprint density at radius 2 is 1.75 bits per heavy atom. The molecule has 0 saturated heterocycles. The van der Waals surface area contributed by atoms with Crippen LogP contribution in [0.25, 0.3) is 11.3 Å². The van der Waals surface area contributed by atoms with E-state index >= 15 is 0 Å². The van der Waals surface area contributed by atoms with Gasteiger partial charge in [-0.05, 0) is 31.0 Å². The number of hydrogen-bond acceptors (Lipinski definition) is 8. The van der Waals surface area contributed by atoms with Gasteiger partial charge >= 0.3 is 0 Å². The van der Waals surface area contributed by atoms with Gasteiger partial charge in [0.15, 0.2) is 11.5 Å². The molecule has 0 saturated carbocycles. The molecule has 2 N–H and O–H groups in total. The number of nitrogen functional groups attached to an aromatic ring is 1. The summed E-state index contributed by atoms with van der Waals surface area (Å²) in [6.45, 7) is 4.17. The van der Waals surface area contributed by atoms with Crippen LogP contribution < -0.4 is 19.7 Å². The van der Waals surface area contributed by atoms with E-state index in [0.717, 1.165) is 24.3 Å². The van der Waals surface area contributed by atoms with Gasteiger partial charge in [0.05, 0.1) is 24.1 Å². The Balaban J connectivity index is 2.29. The lowest BCUT2D eigenvalue weighted by Gasteiger charge is -2.11. The molecular weight excluding hydrogens is 348 g/mol. The zero-order valence-electron chi connectivity index (χ0n) is 13.6. The first-order valence-corrected chi connectivity index (χ1v) is 9.47. The maximum absolute atomic E-state index is 11.5. The van der Waals surface area contributed by atoms with Gasteiger partial charge in [0.1, 0.15) is 5.76 Å². The lowest BCUT2D eigenvalue weighted by molar-refractivity contribution is 0.558. The molecule has 0 aliphatic rings. The van der Waals surface area contributed by atoms with Crippen molar-refractivity contribution >= 4 is 30.1 Å². The molecule has 0 unspecified atom stereocenters. The Morgan fingerprint density at radius 1 is 1.08 bits per heavy atom. The van der Waals surface area contributed by atoms with Crippen LogP contribution in [0.15, 0.2) is 33.5 Å². The predicted octanol–water partition coefficient (Wildman–Crippen LogP) is 4.16. The highest BCUT2D eigenvalue weighted by atomic mass is 32.2. The highest BCUT2D eigenvalue weighted by molar-refractivity contribution is 7.95.